The summed E-state index contributed by atoms with van der Waals surface area (Å²) in [6.07, 6.45) is 2.08. The third kappa shape index (κ3) is 4.83. The molecule has 0 radical (unpaired) electrons. The number of benzene rings is 1. The Morgan fingerprint density at radius 1 is 1.12 bits per heavy atom. The molecule has 2 fully saturated rings. The van der Waals surface area contributed by atoms with Gasteiger partial charge in [-0.2, -0.15) is 0 Å². The SMILES string of the molecule is CC(=O)N1CCC(C(=O)NCc2ccccc2CN2CCC(O)C2)CC1. The molecule has 3 rings (SSSR count). The number of β-amino-alcohol motifs (C(OH)–C–C–N with tert-alkyl or cyclic N) is 1. The van der Waals surface area contributed by atoms with Crippen LogP contribution in [0.2, 0.25) is 0 Å². The van der Waals surface area contributed by atoms with Gasteiger partial charge in [-0.05, 0) is 30.4 Å². The summed E-state index contributed by atoms with van der Waals surface area (Å²) in [5.74, 6) is 0.163. The first-order chi connectivity index (χ1) is 12.5. The molecular formula is C20H29N3O3. The third-order valence-electron chi connectivity index (χ3n) is 5.52. The minimum absolute atomic E-state index is 0.00788. The number of rotatable bonds is 5. The molecule has 2 saturated heterocycles. The maximum atomic E-state index is 12.5. The summed E-state index contributed by atoms with van der Waals surface area (Å²) in [6.45, 7) is 5.88. The van der Waals surface area contributed by atoms with Gasteiger partial charge in [-0.15, -0.1) is 0 Å². The topological polar surface area (TPSA) is 72.9 Å². The number of aliphatic hydroxyl groups excluding tert-OH is 1. The Kier molecular flexibility index (Phi) is 6.27. The molecule has 0 spiro atoms. The van der Waals surface area contributed by atoms with E-state index >= 15 is 0 Å². The predicted molar refractivity (Wildman–Crippen MR) is 99.2 cm³/mol. The van der Waals surface area contributed by atoms with E-state index in [1.54, 1.807) is 6.92 Å². The van der Waals surface area contributed by atoms with Crippen LogP contribution in [0.3, 0.4) is 0 Å². The van der Waals surface area contributed by atoms with Crippen molar-refractivity contribution in [2.45, 2.75) is 45.4 Å². The van der Waals surface area contributed by atoms with Crippen molar-refractivity contribution >= 4 is 11.8 Å². The number of aliphatic hydroxyl groups is 1. The summed E-state index contributed by atoms with van der Waals surface area (Å²) in [6, 6.07) is 8.16. The van der Waals surface area contributed by atoms with E-state index in [2.05, 4.69) is 22.3 Å². The highest BCUT2D eigenvalue weighted by molar-refractivity contribution is 5.79. The predicted octanol–water partition coefficient (Wildman–Crippen LogP) is 1.13. The molecule has 0 bridgehead atoms. The molecule has 0 aromatic heterocycles. The number of hydrogen-bond donors (Lipinski definition) is 2. The van der Waals surface area contributed by atoms with Crippen LogP contribution < -0.4 is 5.32 Å². The van der Waals surface area contributed by atoms with E-state index in [1.165, 1.54) is 5.56 Å². The van der Waals surface area contributed by atoms with Crippen molar-refractivity contribution < 1.29 is 14.7 Å². The summed E-state index contributed by atoms with van der Waals surface area (Å²) < 4.78 is 0. The lowest BCUT2D eigenvalue weighted by Gasteiger charge is -2.30. The van der Waals surface area contributed by atoms with Crippen LogP contribution in [0.5, 0.6) is 0 Å². The lowest BCUT2D eigenvalue weighted by atomic mass is 9.95. The number of amides is 2. The van der Waals surface area contributed by atoms with Gasteiger partial charge in [0, 0.05) is 52.1 Å². The van der Waals surface area contributed by atoms with Gasteiger partial charge in [0.2, 0.25) is 11.8 Å². The van der Waals surface area contributed by atoms with Crippen molar-refractivity contribution in [3.63, 3.8) is 0 Å². The lowest BCUT2D eigenvalue weighted by Crippen LogP contribution is -2.42. The number of nitrogens with zero attached hydrogens (tertiary/aromatic N) is 2. The number of hydrogen-bond acceptors (Lipinski definition) is 4. The third-order valence-corrected chi connectivity index (χ3v) is 5.52. The van der Waals surface area contributed by atoms with E-state index < -0.39 is 0 Å². The molecule has 2 aliphatic heterocycles. The second kappa shape index (κ2) is 8.64. The van der Waals surface area contributed by atoms with E-state index in [-0.39, 0.29) is 23.8 Å². The van der Waals surface area contributed by atoms with Gasteiger partial charge in [-0.3, -0.25) is 14.5 Å². The van der Waals surface area contributed by atoms with Crippen LogP contribution >= 0.6 is 0 Å². The van der Waals surface area contributed by atoms with Crippen LogP contribution in [-0.4, -0.2) is 59.0 Å². The largest absolute Gasteiger partial charge is 0.392 e. The monoisotopic (exact) mass is 359 g/mol. The smallest absolute Gasteiger partial charge is 0.223 e. The maximum Gasteiger partial charge on any atom is 0.223 e. The van der Waals surface area contributed by atoms with Gasteiger partial charge in [-0.1, -0.05) is 24.3 Å². The zero-order valence-electron chi connectivity index (χ0n) is 15.5. The minimum atomic E-state index is -0.220. The number of likely N-dealkylation sites (tertiary alicyclic amines) is 2. The quantitative estimate of drug-likeness (QED) is 0.827. The van der Waals surface area contributed by atoms with Crippen molar-refractivity contribution in [2.24, 2.45) is 5.92 Å². The average Bonchev–Trinajstić information content (AvgIpc) is 3.05. The first kappa shape index (κ1) is 18.9. The molecule has 142 valence electrons. The van der Waals surface area contributed by atoms with Crippen molar-refractivity contribution in [1.29, 1.82) is 0 Å². The maximum absolute atomic E-state index is 12.5. The summed E-state index contributed by atoms with van der Waals surface area (Å²) in [4.78, 5) is 27.9. The zero-order valence-corrected chi connectivity index (χ0v) is 15.5. The average molecular weight is 359 g/mol. The fourth-order valence-electron chi connectivity index (χ4n) is 3.86. The highest BCUT2D eigenvalue weighted by Gasteiger charge is 2.26. The highest BCUT2D eigenvalue weighted by Crippen LogP contribution is 2.19. The van der Waals surface area contributed by atoms with Crippen molar-refractivity contribution in [1.82, 2.24) is 15.1 Å². The van der Waals surface area contributed by atoms with Crippen molar-refractivity contribution in [3.05, 3.63) is 35.4 Å². The zero-order chi connectivity index (χ0) is 18.5. The Labute approximate surface area is 155 Å². The molecule has 1 aromatic rings. The molecule has 1 unspecified atom stereocenters. The lowest BCUT2D eigenvalue weighted by molar-refractivity contribution is -0.134. The van der Waals surface area contributed by atoms with Gasteiger partial charge in [-0.25, -0.2) is 0 Å². The van der Waals surface area contributed by atoms with Crippen molar-refractivity contribution in [3.8, 4) is 0 Å². The van der Waals surface area contributed by atoms with Crippen LogP contribution in [-0.2, 0) is 22.7 Å². The second-order valence-corrected chi connectivity index (χ2v) is 7.44. The fraction of sp³-hybridized carbons (Fsp3) is 0.600. The molecule has 1 atom stereocenters. The first-order valence-corrected chi connectivity index (χ1v) is 9.53. The molecule has 6 heteroatoms. The highest BCUT2D eigenvalue weighted by atomic mass is 16.3. The van der Waals surface area contributed by atoms with Crippen LogP contribution in [0, 0.1) is 5.92 Å². The molecule has 0 saturated carbocycles. The first-order valence-electron chi connectivity index (χ1n) is 9.53. The summed E-state index contributed by atoms with van der Waals surface area (Å²) in [5.41, 5.74) is 2.33. The van der Waals surface area contributed by atoms with Crippen LogP contribution in [0.4, 0.5) is 0 Å². The van der Waals surface area contributed by atoms with Crippen molar-refractivity contribution in [2.75, 3.05) is 26.2 Å². The summed E-state index contributed by atoms with van der Waals surface area (Å²) >= 11 is 0. The molecule has 2 aliphatic rings. The van der Waals surface area contributed by atoms with Crippen LogP contribution in [0.1, 0.15) is 37.3 Å². The number of nitrogens with one attached hydrogen (secondary N) is 1. The molecule has 6 nitrogen and oxygen atoms in total. The number of carbonyl (C=O) groups excluding carboxylic acids is 2. The fourth-order valence-corrected chi connectivity index (χ4v) is 3.86. The molecule has 26 heavy (non-hydrogen) atoms. The van der Waals surface area contributed by atoms with E-state index in [4.69, 9.17) is 0 Å². The molecule has 2 amide bonds. The molecular weight excluding hydrogens is 330 g/mol. The Bertz CT molecular complexity index is 641. The van der Waals surface area contributed by atoms with E-state index in [0.29, 0.717) is 19.6 Å². The van der Waals surface area contributed by atoms with Crippen LogP contribution in [0.15, 0.2) is 24.3 Å². The Hall–Kier alpha value is -1.92. The number of carbonyl (C=O) groups is 2. The van der Waals surface area contributed by atoms with Gasteiger partial charge >= 0.3 is 0 Å². The number of piperidine rings is 1. The standard InChI is InChI=1S/C20H29N3O3/c1-15(24)23-10-6-16(7-11-23)20(26)21-12-17-4-2-3-5-18(17)13-22-9-8-19(25)14-22/h2-5,16,19,25H,6-14H2,1H3,(H,21,26). The molecule has 2 heterocycles. The molecule has 0 aliphatic carbocycles. The van der Waals surface area contributed by atoms with E-state index in [1.807, 2.05) is 17.0 Å². The summed E-state index contributed by atoms with van der Waals surface area (Å²) in [5, 5.41) is 12.8. The van der Waals surface area contributed by atoms with Gasteiger partial charge in [0.05, 0.1) is 6.10 Å². The van der Waals surface area contributed by atoms with Gasteiger partial charge in [0.15, 0.2) is 0 Å². The van der Waals surface area contributed by atoms with E-state index in [9.17, 15) is 14.7 Å². The molecule has 2 N–H and O–H groups in total. The van der Waals surface area contributed by atoms with Gasteiger partial charge in [0.1, 0.15) is 0 Å². The minimum Gasteiger partial charge on any atom is -0.392 e. The summed E-state index contributed by atoms with van der Waals surface area (Å²) in [7, 11) is 0. The van der Waals surface area contributed by atoms with Crippen LogP contribution in [0.25, 0.3) is 0 Å². The Morgan fingerprint density at radius 2 is 1.81 bits per heavy atom. The normalized spacial score (nSPS) is 21.8. The second-order valence-electron chi connectivity index (χ2n) is 7.44. The Morgan fingerprint density at radius 3 is 2.42 bits per heavy atom. The Balaban J connectivity index is 1.51. The van der Waals surface area contributed by atoms with E-state index in [0.717, 1.165) is 44.5 Å². The van der Waals surface area contributed by atoms with Gasteiger partial charge in [0.25, 0.3) is 0 Å². The van der Waals surface area contributed by atoms with Gasteiger partial charge < -0.3 is 15.3 Å². The molecule has 1 aromatic carbocycles.